The van der Waals surface area contributed by atoms with Crippen molar-refractivity contribution < 1.29 is 0 Å². The van der Waals surface area contributed by atoms with E-state index in [9.17, 15) is 0 Å². The first-order valence-corrected chi connectivity index (χ1v) is 3.34. The number of rotatable bonds is 3. The average molecular weight is 125 g/mol. The minimum atomic E-state index is 1.10. The van der Waals surface area contributed by atoms with Gasteiger partial charge < -0.3 is 0 Å². The molecule has 0 unspecified atom stereocenters. The molecule has 0 saturated carbocycles. The first-order valence-electron chi connectivity index (χ1n) is 3.34. The normalized spacial score (nSPS) is 13.0. The van der Waals surface area contributed by atoms with Gasteiger partial charge in [-0.1, -0.05) is 12.2 Å². The molecule has 0 spiro atoms. The molecule has 0 aliphatic rings. The highest BCUT2D eigenvalue weighted by Gasteiger charge is 1.84. The van der Waals surface area contributed by atoms with Crippen LogP contribution in [0.25, 0.3) is 0 Å². The molecule has 0 aliphatic heterocycles. The Morgan fingerprint density at radius 3 is 2.67 bits per heavy atom. The van der Waals surface area contributed by atoms with E-state index in [4.69, 9.17) is 0 Å². The second-order valence-electron chi connectivity index (χ2n) is 2.07. The molecule has 0 bridgehead atoms. The molecule has 0 atom stereocenters. The Kier molecular flexibility index (Phi) is 5.18. The maximum Gasteiger partial charge on any atom is 0.0276 e. The van der Waals surface area contributed by atoms with Gasteiger partial charge in [0.1, 0.15) is 0 Å². The molecule has 9 heavy (non-hydrogen) atoms. The fourth-order valence-corrected chi connectivity index (χ4v) is 0.571. The van der Waals surface area contributed by atoms with E-state index in [1.807, 2.05) is 14.0 Å². The predicted molar refractivity (Wildman–Crippen MR) is 43.1 cm³/mol. The fraction of sp³-hybridized carbons (Fsp3) is 0.625. The van der Waals surface area contributed by atoms with Crippen LogP contribution in [0.5, 0.6) is 0 Å². The summed E-state index contributed by atoms with van der Waals surface area (Å²) in [4.78, 5) is 4.04. The third kappa shape index (κ3) is 5.28. The van der Waals surface area contributed by atoms with E-state index in [1.54, 1.807) is 0 Å². The number of nitrogens with zero attached hydrogens (tertiary/aromatic N) is 1. The van der Waals surface area contributed by atoms with Crippen LogP contribution in [0.3, 0.4) is 0 Å². The van der Waals surface area contributed by atoms with Crippen molar-refractivity contribution in [3.05, 3.63) is 12.2 Å². The molecule has 0 aromatic carbocycles. The lowest BCUT2D eigenvalue weighted by Crippen LogP contribution is -1.87. The molecule has 0 saturated heterocycles. The van der Waals surface area contributed by atoms with E-state index in [0.29, 0.717) is 0 Å². The number of hydrogen-bond donors (Lipinski definition) is 0. The summed E-state index contributed by atoms with van der Waals surface area (Å²) in [6.45, 7) is 4.10. The molecule has 0 N–H and O–H groups in total. The number of hydrogen-bond acceptors (Lipinski definition) is 1. The van der Waals surface area contributed by atoms with Crippen molar-refractivity contribution in [1.29, 1.82) is 0 Å². The van der Waals surface area contributed by atoms with Gasteiger partial charge in [-0.2, -0.15) is 0 Å². The van der Waals surface area contributed by atoms with Gasteiger partial charge in [-0.15, -0.1) is 0 Å². The Morgan fingerprint density at radius 2 is 2.22 bits per heavy atom. The molecule has 1 nitrogen and oxygen atoms in total. The number of allylic oxidation sites excluding steroid dienone is 2. The summed E-state index contributed by atoms with van der Waals surface area (Å²) < 4.78 is 0. The van der Waals surface area contributed by atoms with Crippen LogP contribution in [-0.2, 0) is 0 Å². The molecule has 0 radical (unpaired) electrons. The summed E-state index contributed by atoms with van der Waals surface area (Å²) in [5, 5.41) is 0. The zero-order valence-corrected chi connectivity index (χ0v) is 6.52. The van der Waals surface area contributed by atoms with Crippen LogP contribution in [0, 0.1) is 0 Å². The average Bonchev–Trinajstić information content (AvgIpc) is 1.89. The molecule has 0 rings (SSSR count). The lowest BCUT2D eigenvalue weighted by Gasteiger charge is -1.91. The maximum absolute atomic E-state index is 4.04. The smallest absolute Gasteiger partial charge is 0.0276 e. The van der Waals surface area contributed by atoms with Gasteiger partial charge in [-0.05, 0) is 26.7 Å². The van der Waals surface area contributed by atoms with Gasteiger partial charge in [0.05, 0.1) is 0 Å². The highest BCUT2D eigenvalue weighted by molar-refractivity contribution is 5.81. The second-order valence-corrected chi connectivity index (χ2v) is 2.07. The quantitative estimate of drug-likeness (QED) is 0.406. The van der Waals surface area contributed by atoms with Crippen LogP contribution in [0.4, 0.5) is 0 Å². The SMILES string of the molecule is C/C=C/CCC(C)=NC. The molecule has 1 heteroatoms. The van der Waals surface area contributed by atoms with Crippen molar-refractivity contribution in [1.82, 2.24) is 0 Å². The topological polar surface area (TPSA) is 12.4 Å². The van der Waals surface area contributed by atoms with Gasteiger partial charge in [-0.25, -0.2) is 0 Å². The predicted octanol–water partition coefficient (Wildman–Crippen LogP) is 2.43. The first kappa shape index (κ1) is 8.41. The summed E-state index contributed by atoms with van der Waals surface area (Å²) in [5.41, 5.74) is 1.23. The van der Waals surface area contributed by atoms with Crippen molar-refractivity contribution in [2.75, 3.05) is 7.05 Å². The molecule has 0 aliphatic carbocycles. The van der Waals surface area contributed by atoms with Crippen LogP contribution in [0.2, 0.25) is 0 Å². The van der Waals surface area contributed by atoms with Crippen LogP contribution < -0.4 is 0 Å². The van der Waals surface area contributed by atoms with E-state index in [2.05, 4.69) is 24.1 Å². The van der Waals surface area contributed by atoms with Crippen LogP contribution >= 0.6 is 0 Å². The van der Waals surface area contributed by atoms with E-state index < -0.39 is 0 Å². The van der Waals surface area contributed by atoms with E-state index in [0.717, 1.165) is 12.8 Å². The zero-order chi connectivity index (χ0) is 7.11. The highest BCUT2D eigenvalue weighted by atomic mass is 14.7. The molecule has 0 amide bonds. The van der Waals surface area contributed by atoms with Crippen molar-refractivity contribution in [2.24, 2.45) is 4.99 Å². The van der Waals surface area contributed by atoms with Gasteiger partial charge in [0.2, 0.25) is 0 Å². The summed E-state index contributed by atoms with van der Waals surface area (Å²) in [7, 11) is 1.84. The van der Waals surface area contributed by atoms with Gasteiger partial charge in [0.25, 0.3) is 0 Å². The minimum absolute atomic E-state index is 1.10. The fourth-order valence-electron chi connectivity index (χ4n) is 0.571. The lowest BCUT2D eigenvalue weighted by atomic mass is 10.2. The Labute approximate surface area is 57.5 Å². The van der Waals surface area contributed by atoms with E-state index in [-0.39, 0.29) is 0 Å². The Morgan fingerprint density at radius 1 is 1.56 bits per heavy atom. The van der Waals surface area contributed by atoms with Gasteiger partial charge >= 0.3 is 0 Å². The largest absolute Gasteiger partial charge is 0.298 e. The molecule has 0 fully saturated rings. The molecule has 52 valence electrons. The summed E-state index contributed by atoms with van der Waals surface area (Å²) in [6, 6.07) is 0. The van der Waals surface area contributed by atoms with Crippen LogP contribution in [0.1, 0.15) is 26.7 Å². The van der Waals surface area contributed by atoms with E-state index >= 15 is 0 Å². The van der Waals surface area contributed by atoms with Crippen molar-refractivity contribution >= 4 is 5.71 Å². The third-order valence-electron chi connectivity index (χ3n) is 1.29. The maximum atomic E-state index is 4.04. The summed E-state index contributed by atoms with van der Waals surface area (Å²) in [6.07, 6.45) is 6.46. The molecular formula is C8H15N. The zero-order valence-electron chi connectivity index (χ0n) is 6.52. The molecule has 0 aromatic rings. The molecule has 0 aromatic heterocycles. The highest BCUT2D eigenvalue weighted by Crippen LogP contribution is 1.92. The summed E-state index contributed by atoms with van der Waals surface area (Å²) >= 11 is 0. The van der Waals surface area contributed by atoms with E-state index in [1.165, 1.54) is 5.71 Å². The van der Waals surface area contributed by atoms with Crippen molar-refractivity contribution in [2.45, 2.75) is 26.7 Å². The first-order chi connectivity index (χ1) is 4.31. The molecular weight excluding hydrogens is 110 g/mol. The Balaban J connectivity index is 3.28. The minimum Gasteiger partial charge on any atom is -0.298 e. The Bertz CT molecular complexity index is 112. The summed E-state index contributed by atoms with van der Waals surface area (Å²) in [5.74, 6) is 0. The van der Waals surface area contributed by atoms with Crippen molar-refractivity contribution in [3.8, 4) is 0 Å². The number of aliphatic imine (C=N–C) groups is 1. The van der Waals surface area contributed by atoms with Crippen LogP contribution in [0.15, 0.2) is 17.1 Å². The lowest BCUT2D eigenvalue weighted by molar-refractivity contribution is 1.08. The third-order valence-corrected chi connectivity index (χ3v) is 1.29. The van der Waals surface area contributed by atoms with Gasteiger partial charge in [-0.3, -0.25) is 4.99 Å². The van der Waals surface area contributed by atoms with Gasteiger partial charge in [0.15, 0.2) is 0 Å². The second kappa shape index (κ2) is 5.54. The van der Waals surface area contributed by atoms with Crippen molar-refractivity contribution in [3.63, 3.8) is 0 Å². The molecule has 0 heterocycles. The van der Waals surface area contributed by atoms with Crippen LogP contribution in [-0.4, -0.2) is 12.8 Å². The standard InChI is InChI=1S/C8H15N/c1-4-5-6-7-8(2)9-3/h4-5H,6-7H2,1-3H3/b5-4+,9-8?. The van der Waals surface area contributed by atoms with Gasteiger partial charge in [0, 0.05) is 12.8 Å². The Hall–Kier alpha value is -0.590. The monoisotopic (exact) mass is 125 g/mol.